The standard InChI is InChI=1S/C25H27F3N4O2/c1-3-16-4-8-18(9-5-16)21-13-22(25(26,27)28)32-24(31-21)19(15-30-32)12-23(33)29-14-17-6-10-20(34-2)11-7-17/h4-11,15,21-22,31H,3,12-14H2,1-2H3,(H,29,33)/t21-,22+/m1/s1. The summed E-state index contributed by atoms with van der Waals surface area (Å²) in [5.41, 5.74) is 3.20. The van der Waals surface area contributed by atoms with E-state index in [4.69, 9.17) is 4.74 Å². The fourth-order valence-electron chi connectivity index (χ4n) is 4.13. The Labute approximate surface area is 196 Å². The predicted molar refractivity (Wildman–Crippen MR) is 123 cm³/mol. The largest absolute Gasteiger partial charge is 0.497 e. The summed E-state index contributed by atoms with van der Waals surface area (Å²) in [5, 5.41) is 10.0. The van der Waals surface area contributed by atoms with Crippen molar-refractivity contribution in [3.63, 3.8) is 0 Å². The van der Waals surface area contributed by atoms with Crippen LogP contribution in [-0.2, 0) is 24.2 Å². The minimum Gasteiger partial charge on any atom is -0.497 e. The van der Waals surface area contributed by atoms with E-state index in [2.05, 4.69) is 15.7 Å². The number of amides is 1. The summed E-state index contributed by atoms with van der Waals surface area (Å²) >= 11 is 0. The molecule has 1 aliphatic rings. The molecule has 0 saturated heterocycles. The van der Waals surface area contributed by atoms with Gasteiger partial charge < -0.3 is 15.4 Å². The molecule has 0 bridgehead atoms. The molecule has 34 heavy (non-hydrogen) atoms. The van der Waals surface area contributed by atoms with Crippen LogP contribution < -0.4 is 15.4 Å². The summed E-state index contributed by atoms with van der Waals surface area (Å²) in [7, 11) is 1.57. The van der Waals surface area contributed by atoms with Crippen LogP contribution in [0.2, 0.25) is 0 Å². The number of carbonyl (C=O) groups excluding carboxylic acids is 1. The fraction of sp³-hybridized carbons (Fsp3) is 0.360. The van der Waals surface area contributed by atoms with Crippen LogP contribution in [0, 0.1) is 0 Å². The summed E-state index contributed by atoms with van der Waals surface area (Å²) in [4.78, 5) is 12.6. The Bertz CT molecular complexity index is 1120. The molecule has 0 aliphatic carbocycles. The van der Waals surface area contributed by atoms with Gasteiger partial charge in [0.15, 0.2) is 6.04 Å². The number of ether oxygens (including phenoxy) is 1. The van der Waals surface area contributed by atoms with Crippen LogP contribution in [0.3, 0.4) is 0 Å². The second kappa shape index (κ2) is 9.79. The van der Waals surface area contributed by atoms with E-state index in [1.54, 1.807) is 19.2 Å². The number of anilines is 1. The zero-order valence-corrected chi connectivity index (χ0v) is 19.0. The summed E-state index contributed by atoms with van der Waals surface area (Å²) in [5.74, 6) is 0.648. The highest BCUT2D eigenvalue weighted by Crippen LogP contribution is 2.44. The number of fused-ring (bicyclic) bond motifs is 1. The average molecular weight is 473 g/mol. The Morgan fingerprint density at radius 1 is 1.15 bits per heavy atom. The second-order valence-electron chi connectivity index (χ2n) is 8.35. The smallest absolute Gasteiger partial charge is 0.410 e. The molecule has 2 N–H and O–H groups in total. The molecule has 2 heterocycles. The fourth-order valence-corrected chi connectivity index (χ4v) is 4.13. The molecule has 180 valence electrons. The molecule has 1 aliphatic heterocycles. The van der Waals surface area contributed by atoms with E-state index in [0.717, 1.165) is 27.8 Å². The molecule has 1 aromatic heterocycles. The normalized spacial score (nSPS) is 17.6. The van der Waals surface area contributed by atoms with E-state index in [-0.39, 0.29) is 24.6 Å². The molecule has 3 aromatic rings. The molecule has 9 heteroatoms. The van der Waals surface area contributed by atoms with Gasteiger partial charge in [-0.1, -0.05) is 43.3 Å². The van der Waals surface area contributed by atoms with E-state index in [0.29, 0.717) is 17.9 Å². The van der Waals surface area contributed by atoms with Crippen molar-refractivity contribution in [3.8, 4) is 5.75 Å². The Morgan fingerprint density at radius 3 is 2.44 bits per heavy atom. The third-order valence-electron chi connectivity index (χ3n) is 6.10. The highest BCUT2D eigenvalue weighted by atomic mass is 19.4. The maximum Gasteiger partial charge on any atom is 0.410 e. The monoisotopic (exact) mass is 472 g/mol. The van der Waals surface area contributed by atoms with Gasteiger partial charge in [0.2, 0.25) is 5.91 Å². The number of alkyl halides is 3. The van der Waals surface area contributed by atoms with Gasteiger partial charge in [-0.15, -0.1) is 0 Å². The first-order valence-corrected chi connectivity index (χ1v) is 11.2. The van der Waals surface area contributed by atoms with Gasteiger partial charge in [-0.3, -0.25) is 4.79 Å². The minimum atomic E-state index is -4.46. The first-order valence-electron chi connectivity index (χ1n) is 11.2. The number of hydrogen-bond donors (Lipinski definition) is 2. The number of methoxy groups -OCH3 is 1. The molecule has 6 nitrogen and oxygen atoms in total. The van der Waals surface area contributed by atoms with E-state index >= 15 is 0 Å². The highest BCUT2D eigenvalue weighted by molar-refractivity contribution is 5.80. The Kier molecular flexibility index (Phi) is 6.81. The molecular weight excluding hydrogens is 445 g/mol. The summed E-state index contributed by atoms with van der Waals surface area (Å²) < 4.78 is 47.7. The lowest BCUT2D eigenvalue weighted by atomic mass is 9.95. The second-order valence-corrected chi connectivity index (χ2v) is 8.35. The molecule has 1 amide bonds. The van der Waals surface area contributed by atoms with Crippen molar-refractivity contribution < 1.29 is 22.7 Å². The number of hydrogen-bond acceptors (Lipinski definition) is 4. The number of aromatic nitrogens is 2. The average Bonchev–Trinajstić information content (AvgIpc) is 3.24. The lowest BCUT2D eigenvalue weighted by molar-refractivity contribution is -0.173. The van der Waals surface area contributed by atoms with Crippen molar-refractivity contribution in [2.45, 2.75) is 51.0 Å². The Morgan fingerprint density at radius 2 is 1.82 bits per heavy atom. The molecule has 0 unspecified atom stereocenters. The SMILES string of the molecule is CCc1ccc([C@H]2C[C@@H](C(F)(F)F)n3ncc(CC(=O)NCc4ccc(OC)cc4)c3N2)cc1. The van der Waals surface area contributed by atoms with Gasteiger partial charge >= 0.3 is 6.18 Å². The van der Waals surface area contributed by atoms with E-state index in [1.807, 2.05) is 43.3 Å². The van der Waals surface area contributed by atoms with Crippen LogP contribution >= 0.6 is 0 Å². The van der Waals surface area contributed by atoms with E-state index in [9.17, 15) is 18.0 Å². The van der Waals surface area contributed by atoms with Crippen LogP contribution in [0.25, 0.3) is 0 Å². The van der Waals surface area contributed by atoms with Crippen LogP contribution in [0.15, 0.2) is 54.7 Å². The highest BCUT2D eigenvalue weighted by Gasteiger charge is 2.46. The predicted octanol–water partition coefficient (Wildman–Crippen LogP) is 4.97. The summed E-state index contributed by atoms with van der Waals surface area (Å²) in [6.45, 7) is 2.33. The Hall–Kier alpha value is -3.49. The number of nitrogens with one attached hydrogen (secondary N) is 2. The number of nitrogens with zero attached hydrogens (tertiary/aromatic N) is 2. The summed E-state index contributed by atoms with van der Waals surface area (Å²) in [6, 6.07) is 12.5. The van der Waals surface area contributed by atoms with Crippen LogP contribution in [0.4, 0.5) is 19.0 Å². The van der Waals surface area contributed by atoms with Gasteiger partial charge in [-0.25, -0.2) is 4.68 Å². The van der Waals surface area contributed by atoms with Crippen molar-refractivity contribution in [2.75, 3.05) is 12.4 Å². The van der Waals surface area contributed by atoms with E-state index in [1.165, 1.54) is 6.20 Å². The minimum absolute atomic E-state index is 0.0788. The number of benzene rings is 2. The van der Waals surface area contributed by atoms with Crippen molar-refractivity contribution in [2.24, 2.45) is 0 Å². The Balaban J connectivity index is 1.50. The van der Waals surface area contributed by atoms with Crippen molar-refractivity contribution in [3.05, 3.63) is 77.0 Å². The quantitative estimate of drug-likeness (QED) is 0.509. The van der Waals surface area contributed by atoms with Gasteiger partial charge in [0, 0.05) is 18.5 Å². The lowest BCUT2D eigenvalue weighted by Crippen LogP contribution is -2.36. The molecule has 0 spiro atoms. The van der Waals surface area contributed by atoms with Gasteiger partial charge in [0.25, 0.3) is 0 Å². The van der Waals surface area contributed by atoms with Gasteiger partial charge in [0.05, 0.1) is 25.8 Å². The van der Waals surface area contributed by atoms with E-state index < -0.39 is 18.3 Å². The molecule has 0 fully saturated rings. The molecular formula is C25H27F3N4O2. The zero-order chi connectivity index (χ0) is 24.3. The maximum atomic E-state index is 13.9. The first kappa shape index (κ1) is 23.7. The van der Waals surface area contributed by atoms with Crippen LogP contribution in [-0.4, -0.2) is 29.0 Å². The van der Waals surface area contributed by atoms with Crippen LogP contribution in [0.1, 0.15) is 47.7 Å². The van der Waals surface area contributed by atoms with Gasteiger partial charge in [0.1, 0.15) is 11.6 Å². The molecule has 4 rings (SSSR count). The topological polar surface area (TPSA) is 68.2 Å². The van der Waals surface area contributed by atoms with Gasteiger partial charge in [-0.05, 0) is 35.2 Å². The lowest BCUT2D eigenvalue weighted by Gasteiger charge is -2.34. The van der Waals surface area contributed by atoms with Crippen molar-refractivity contribution >= 4 is 11.7 Å². The summed E-state index contributed by atoms with van der Waals surface area (Å²) in [6.07, 6.45) is -2.52. The number of carbonyl (C=O) groups is 1. The first-order chi connectivity index (χ1) is 16.3. The zero-order valence-electron chi connectivity index (χ0n) is 19.0. The number of aryl methyl sites for hydroxylation is 1. The third kappa shape index (κ3) is 5.18. The number of halogens is 3. The molecule has 2 aromatic carbocycles. The molecule has 0 saturated carbocycles. The number of rotatable bonds is 7. The third-order valence-corrected chi connectivity index (χ3v) is 6.10. The van der Waals surface area contributed by atoms with Crippen LogP contribution in [0.5, 0.6) is 5.75 Å². The van der Waals surface area contributed by atoms with Gasteiger partial charge in [-0.2, -0.15) is 18.3 Å². The van der Waals surface area contributed by atoms with Crippen molar-refractivity contribution in [1.82, 2.24) is 15.1 Å². The van der Waals surface area contributed by atoms with Crippen molar-refractivity contribution in [1.29, 1.82) is 0 Å². The maximum absolute atomic E-state index is 13.9. The molecule has 2 atom stereocenters. The molecule has 0 radical (unpaired) electrons.